The molecular formula is C14H24N2O5. The van der Waals surface area contributed by atoms with Crippen molar-refractivity contribution in [2.45, 2.75) is 32.1 Å². The zero-order chi connectivity index (χ0) is 15.9. The molecule has 0 spiro atoms. The van der Waals surface area contributed by atoms with E-state index in [4.69, 9.17) is 4.74 Å². The molecule has 0 heterocycles. The summed E-state index contributed by atoms with van der Waals surface area (Å²) in [6, 6.07) is 0. The highest BCUT2D eigenvalue weighted by atomic mass is 16.5. The number of nitrogens with one attached hydrogen (secondary N) is 1. The van der Waals surface area contributed by atoms with Crippen molar-refractivity contribution >= 4 is 17.8 Å². The van der Waals surface area contributed by atoms with Crippen LogP contribution < -0.4 is 5.32 Å². The summed E-state index contributed by atoms with van der Waals surface area (Å²) in [5.41, 5.74) is -0.947. The number of methoxy groups -OCH3 is 1. The summed E-state index contributed by atoms with van der Waals surface area (Å²) in [6.07, 6.45) is 2.69. The van der Waals surface area contributed by atoms with Crippen LogP contribution in [0, 0.1) is 5.41 Å². The van der Waals surface area contributed by atoms with Crippen molar-refractivity contribution in [3.05, 3.63) is 0 Å². The Bertz CT molecular complexity index is 391. The first-order chi connectivity index (χ1) is 9.91. The maximum absolute atomic E-state index is 12.1. The van der Waals surface area contributed by atoms with E-state index in [0.29, 0.717) is 26.0 Å². The Balaban J connectivity index is 2.46. The number of carbonyl (C=O) groups excluding carboxylic acids is 2. The Morgan fingerprint density at radius 3 is 2.43 bits per heavy atom. The van der Waals surface area contributed by atoms with Crippen LogP contribution in [0.3, 0.4) is 0 Å². The van der Waals surface area contributed by atoms with Crippen LogP contribution in [-0.4, -0.2) is 61.6 Å². The lowest BCUT2D eigenvalue weighted by molar-refractivity contribution is -0.153. The summed E-state index contributed by atoms with van der Waals surface area (Å²) in [5.74, 6) is -1.49. The number of aliphatic carboxylic acids is 1. The van der Waals surface area contributed by atoms with Gasteiger partial charge in [-0.3, -0.25) is 14.4 Å². The quantitative estimate of drug-likeness (QED) is 0.626. The van der Waals surface area contributed by atoms with Gasteiger partial charge in [-0.2, -0.15) is 0 Å². The van der Waals surface area contributed by atoms with Crippen molar-refractivity contribution in [3.8, 4) is 0 Å². The zero-order valence-corrected chi connectivity index (χ0v) is 12.7. The molecule has 1 aliphatic rings. The second-order valence-electron chi connectivity index (χ2n) is 5.56. The average Bonchev–Trinajstić information content (AvgIpc) is 2.88. The second kappa shape index (κ2) is 7.97. The number of nitrogens with zero attached hydrogens (tertiary/aromatic N) is 1. The van der Waals surface area contributed by atoms with Crippen LogP contribution in [0.2, 0.25) is 0 Å². The molecule has 0 aliphatic heterocycles. The summed E-state index contributed by atoms with van der Waals surface area (Å²) < 4.78 is 4.81. The first-order valence-corrected chi connectivity index (χ1v) is 7.14. The largest absolute Gasteiger partial charge is 0.481 e. The van der Waals surface area contributed by atoms with Gasteiger partial charge in [-0.15, -0.1) is 0 Å². The fourth-order valence-electron chi connectivity index (χ4n) is 2.59. The van der Waals surface area contributed by atoms with Gasteiger partial charge in [0.05, 0.1) is 18.6 Å². The molecule has 7 nitrogen and oxygen atoms in total. The van der Waals surface area contributed by atoms with Crippen LogP contribution in [0.5, 0.6) is 0 Å². The summed E-state index contributed by atoms with van der Waals surface area (Å²) in [6.45, 7) is 0.722. The molecular weight excluding hydrogens is 276 g/mol. The number of carboxylic acid groups (broad SMARTS) is 1. The molecule has 7 heteroatoms. The lowest BCUT2D eigenvalue weighted by Gasteiger charge is -2.26. The van der Waals surface area contributed by atoms with Gasteiger partial charge in [0.25, 0.3) is 0 Å². The first kappa shape index (κ1) is 17.4. The number of ether oxygens (including phenoxy) is 1. The Hall–Kier alpha value is -1.63. The van der Waals surface area contributed by atoms with Crippen molar-refractivity contribution in [1.29, 1.82) is 0 Å². The smallest absolute Gasteiger partial charge is 0.310 e. The highest BCUT2D eigenvalue weighted by Crippen LogP contribution is 2.41. The molecule has 21 heavy (non-hydrogen) atoms. The standard InChI is InChI=1S/C14H24N2O5/c1-16(10-11(17)15-7-8-21-2)12(18)9-14(13(19)20)5-3-4-6-14/h3-10H2,1-2H3,(H,15,17)(H,19,20). The monoisotopic (exact) mass is 300 g/mol. The number of carboxylic acids is 1. The lowest BCUT2D eigenvalue weighted by atomic mass is 9.82. The van der Waals surface area contributed by atoms with Gasteiger partial charge in [-0.05, 0) is 12.8 Å². The number of hydrogen-bond donors (Lipinski definition) is 2. The molecule has 1 rings (SSSR count). The lowest BCUT2D eigenvalue weighted by Crippen LogP contribution is -2.42. The maximum atomic E-state index is 12.1. The van der Waals surface area contributed by atoms with E-state index in [-0.39, 0.29) is 24.8 Å². The normalized spacial score (nSPS) is 16.5. The van der Waals surface area contributed by atoms with E-state index in [0.717, 1.165) is 12.8 Å². The Morgan fingerprint density at radius 1 is 1.29 bits per heavy atom. The molecule has 0 aromatic heterocycles. The van der Waals surface area contributed by atoms with E-state index in [2.05, 4.69) is 5.32 Å². The molecule has 0 atom stereocenters. The highest BCUT2D eigenvalue weighted by Gasteiger charge is 2.43. The van der Waals surface area contributed by atoms with Gasteiger partial charge in [0.2, 0.25) is 11.8 Å². The van der Waals surface area contributed by atoms with Crippen LogP contribution in [0.1, 0.15) is 32.1 Å². The summed E-state index contributed by atoms with van der Waals surface area (Å²) >= 11 is 0. The van der Waals surface area contributed by atoms with Gasteiger partial charge >= 0.3 is 5.97 Å². The van der Waals surface area contributed by atoms with Crippen LogP contribution in [0.15, 0.2) is 0 Å². The third-order valence-electron chi connectivity index (χ3n) is 3.94. The van der Waals surface area contributed by atoms with Gasteiger partial charge in [-0.25, -0.2) is 0 Å². The van der Waals surface area contributed by atoms with Gasteiger partial charge < -0.3 is 20.1 Å². The molecule has 0 bridgehead atoms. The van der Waals surface area contributed by atoms with E-state index >= 15 is 0 Å². The Morgan fingerprint density at radius 2 is 1.90 bits per heavy atom. The zero-order valence-electron chi connectivity index (χ0n) is 12.7. The molecule has 2 N–H and O–H groups in total. The van der Waals surface area contributed by atoms with Crippen molar-refractivity contribution in [1.82, 2.24) is 10.2 Å². The van der Waals surface area contributed by atoms with Crippen LogP contribution in [0.4, 0.5) is 0 Å². The molecule has 1 fully saturated rings. The Labute approximate surface area is 124 Å². The molecule has 0 saturated heterocycles. The number of carbonyl (C=O) groups is 3. The predicted octanol–water partition coefficient (Wildman–Crippen LogP) is 0.243. The fraction of sp³-hybridized carbons (Fsp3) is 0.786. The average molecular weight is 300 g/mol. The van der Waals surface area contributed by atoms with Gasteiger partial charge in [0.1, 0.15) is 0 Å². The number of hydrogen-bond acceptors (Lipinski definition) is 4. The van der Waals surface area contributed by atoms with E-state index < -0.39 is 11.4 Å². The van der Waals surface area contributed by atoms with E-state index in [1.54, 1.807) is 0 Å². The van der Waals surface area contributed by atoms with Crippen LogP contribution >= 0.6 is 0 Å². The molecule has 0 unspecified atom stereocenters. The van der Waals surface area contributed by atoms with E-state index in [1.807, 2.05) is 0 Å². The predicted molar refractivity (Wildman–Crippen MR) is 75.7 cm³/mol. The van der Waals surface area contributed by atoms with Crippen LogP contribution in [0.25, 0.3) is 0 Å². The molecule has 1 saturated carbocycles. The van der Waals surface area contributed by atoms with Gasteiger partial charge in [0, 0.05) is 27.1 Å². The van der Waals surface area contributed by atoms with Crippen molar-refractivity contribution < 1.29 is 24.2 Å². The number of likely N-dealkylation sites (N-methyl/N-ethyl adjacent to an activating group) is 1. The Kier molecular flexibility index (Phi) is 6.61. The molecule has 120 valence electrons. The fourth-order valence-corrected chi connectivity index (χ4v) is 2.59. The topological polar surface area (TPSA) is 95.9 Å². The maximum Gasteiger partial charge on any atom is 0.310 e. The first-order valence-electron chi connectivity index (χ1n) is 7.14. The summed E-state index contributed by atoms with van der Waals surface area (Å²) in [4.78, 5) is 36.4. The van der Waals surface area contributed by atoms with Gasteiger partial charge in [-0.1, -0.05) is 12.8 Å². The molecule has 1 aliphatic carbocycles. The minimum Gasteiger partial charge on any atom is -0.481 e. The molecule has 0 aromatic rings. The van der Waals surface area contributed by atoms with Gasteiger partial charge in [0.15, 0.2) is 0 Å². The summed E-state index contributed by atoms with van der Waals surface area (Å²) in [5, 5.41) is 12.0. The minimum atomic E-state index is -0.947. The van der Waals surface area contributed by atoms with Crippen molar-refractivity contribution in [2.75, 3.05) is 33.9 Å². The minimum absolute atomic E-state index is 0.0375. The van der Waals surface area contributed by atoms with Crippen LogP contribution in [-0.2, 0) is 19.1 Å². The second-order valence-corrected chi connectivity index (χ2v) is 5.56. The third-order valence-corrected chi connectivity index (χ3v) is 3.94. The van der Waals surface area contributed by atoms with Crippen molar-refractivity contribution in [3.63, 3.8) is 0 Å². The van der Waals surface area contributed by atoms with Crippen molar-refractivity contribution in [2.24, 2.45) is 5.41 Å². The third kappa shape index (κ3) is 5.00. The summed E-state index contributed by atoms with van der Waals surface area (Å²) in [7, 11) is 3.05. The number of rotatable bonds is 8. The van der Waals surface area contributed by atoms with E-state index in [1.165, 1.54) is 19.1 Å². The SMILES string of the molecule is COCCNC(=O)CN(C)C(=O)CC1(C(=O)O)CCCC1. The van der Waals surface area contributed by atoms with E-state index in [9.17, 15) is 19.5 Å². The number of amides is 2. The molecule has 0 radical (unpaired) electrons. The highest BCUT2D eigenvalue weighted by molar-refractivity contribution is 5.88. The molecule has 2 amide bonds. The molecule has 0 aromatic carbocycles.